The minimum Gasteiger partial charge on any atom is -0.461 e. The minimum atomic E-state index is -4.57. The Balaban J connectivity index is 0.00000222. The molecule has 0 bridgehead atoms. The second-order valence-electron chi connectivity index (χ2n) is 7.69. The fourth-order valence-corrected chi connectivity index (χ4v) is 4.57. The number of alkyl halides is 5. The van der Waals surface area contributed by atoms with Crippen molar-refractivity contribution in [3.8, 4) is 10.4 Å². The summed E-state index contributed by atoms with van der Waals surface area (Å²) in [6, 6.07) is 0.691. The molecule has 0 aliphatic carbocycles. The zero-order chi connectivity index (χ0) is 27.0. The van der Waals surface area contributed by atoms with Gasteiger partial charge < -0.3 is 15.0 Å². The maximum absolute atomic E-state index is 13.9. The summed E-state index contributed by atoms with van der Waals surface area (Å²) >= 11 is 0.702. The van der Waals surface area contributed by atoms with Crippen LogP contribution in [0.3, 0.4) is 0 Å². The summed E-state index contributed by atoms with van der Waals surface area (Å²) in [5, 5.41) is 1.77. The first kappa shape index (κ1) is 29.4. The average molecular weight is 537 g/mol. The van der Waals surface area contributed by atoms with E-state index in [4.69, 9.17) is 4.74 Å². The van der Waals surface area contributed by atoms with Gasteiger partial charge in [-0.05, 0) is 39.2 Å². The summed E-state index contributed by atoms with van der Waals surface area (Å²) in [5.74, 6) is -1.73. The molecule has 0 saturated carbocycles. The largest absolute Gasteiger partial charge is 0.461 e. The van der Waals surface area contributed by atoms with E-state index in [9.17, 15) is 31.5 Å². The average Bonchev–Trinajstić information content (AvgIpc) is 3.29. The third kappa shape index (κ3) is 7.34. The van der Waals surface area contributed by atoms with Gasteiger partial charge in [0.25, 0.3) is 12.3 Å². The Morgan fingerprint density at radius 2 is 1.97 bits per heavy atom. The van der Waals surface area contributed by atoms with Gasteiger partial charge in [0.05, 0.1) is 11.5 Å². The van der Waals surface area contributed by atoms with Crippen molar-refractivity contribution in [2.45, 2.75) is 65.6 Å². The highest BCUT2D eigenvalue weighted by molar-refractivity contribution is 7.17. The van der Waals surface area contributed by atoms with Crippen molar-refractivity contribution in [3.05, 3.63) is 28.5 Å². The molecule has 0 aromatic carbocycles. The number of likely N-dealkylation sites (tertiary alicyclic amines) is 1. The molecular weight excluding hydrogens is 507 g/mol. The quantitative estimate of drug-likeness (QED) is 0.329. The SMILES string of the molecule is CC.CCOC(=O)c1nc(C(=O)N2CCCCC2C)c(-c2cnc(NCC(F)(F)F)cc2C(F)F)s1. The van der Waals surface area contributed by atoms with Gasteiger partial charge in [-0.1, -0.05) is 13.8 Å². The van der Waals surface area contributed by atoms with Crippen LogP contribution in [0, 0.1) is 0 Å². The van der Waals surface area contributed by atoms with Crippen LogP contribution in [0.1, 0.15) is 79.2 Å². The summed E-state index contributed by atoms with van der Waals surface area (Å²) < 4.78 is 70.3. The number of esters is 1. The number of piperidine rings is 1. The maximum atomic E-state index is 13.9. The number of ether oxygens (including phenoxy) is 1. The van der Waals surface area contributed by atoms with Gasteiger partial charge in [-0.25, -0.2) is 23.5 Å². The first-order valence-electron chi connectivity index (χ1n) is 11.6. The summed E-state index contributed by atoms with van der Waals surface area (Å²) in [6.45, 7) is 6.49. The van der Waals surface area contributed by atoms with Crippen molar-refractivity contribution in [1.29, 1.82) is 0 Å². The molecule has 1 aliphatic heterocycles. The van der Waals surface area contributed by atoms with Crippen molar-refractivity contribution in [1.82, 2.24) is 14.9 Å². The Bertz CT molecular complexity index is 1050. The molecule has 1 aliphatic rings. The highest BCUT2D eigenvalue weighted by Crippen LogP contribution is 2.39. The van der Waals surface area contributed by atoms with Crippen LogP contribution >= 0.6 is 11.3 Å². The molecule has 1 atom stereocenters. The standard InChI is InChI=1S/C21H23F5N4O3S.C2H6/c1-3-33-20(32)18-29-15(19(31)30-7-5-4-6-11(30)2)16(34-18)13-9-27-14(8-12(13)17(22)23)28-10-21(24,25)26;1-2/h8-9,11,17H,3-7,10H2,1-2H3,(H,27,28);1-2H3. The van der Waals surface area contributed by atoms with Gasteiger partial charge in [0.1, 0.15) is 18.1 Å². The van der Waals surface area contributed by atoms with Gasteiger partial charge in [0.2, 0.25) is 5.01 Å². The number of rotatable bonds is 7. The number of amides is 1. The van der Waals surface area contributed by atoms with Crippen LogP contribution in [0.5, 0.6) is 0 Å². The van der Waals surface area contributed by atoms with E-state index >= 15 is 0 Å². The molecule has 2 aromatic rings. The molecule has 0 radical (unpaired) electrons. The molecule has 36 heavy (non-hydrogen) atoms. The number of aromatic nitrogens is 2. The smallest absolute Gasteiger partial charge is 0.405 e. The lowest BCUT2D eigenvalue weighted by Crippen LogP contribution is -2.42. The first-order chi connectivity index (χ1) is 17.0. The van der Waals surface area contributed by atoms with E-state index < -0.39 is 42.4 Å². The van der Waals surface area contributed by atoms with Crippen LogP contribution in [0.2, 0.25) is 0 Å². The van der Waals surface area contributed by atoms with Gasteiger partial charge in [-0.2, -0.15) is 13.2 Å². The normalized spacial score (nSPS) is 15.8. The lowest BCUT2D eigenvalue weighted by atomic mass is 10.0. The van der Waals surface area contributed by atoms with Crippen LogP contribution in [0.15, 0.2) is 12.3 Å². The Morgan fingerprint density at radius 1 is 1.28 bits per heavy atom. The first-order valence-corrected chi connectivity index (χ1v) is 12.4. The summed E-state index contributed by atoms with van der Waals surface area (Å²) in [5.41, 5.74) is -1.02. The van der Waals surface area contributed by atoms with Crippen LogP contribution < -0.4 is 5.32 Å². The topological polar surface area (TPSA) is 84.4 Å². The van der Waals surface area contributed by atoms with Crippen molar-refractivity contribution >= 4 is 29.0 Å². The predicted octanol–water partition coefficient (Wildman–Crippen LogP) is 6.33. The van der Waals surface area contributed by atoms with Crippen molar-refractivity contribution in [2.75, 3.05) is 25.0 Å². The van der Waals surface area contributed by atoms with Gasteiger partial charge in [0, 0.05) is 29.9 Å². The molecule has 1 amide bonds. The number of hydrogen-bond acceptors (Lipinski definition) is 7. The molecule has 3 rings (SSSR count). The summed E-state index contributed by atoms with van der Waals surface area (Å²) in [4.78, 5) is 35.1. The number of thiazole rings is 1. The molecule has 7 nitrogen and oxygen atoms in total. The number of hydrogen-bond donors (Lipinski definition) is 1. The molecule has 2 aromatic heterocycles. The highest BCUT2D eigenvalue weighted by Gasteiger charge is 2.32. The van der Waals surface area contributed by atoms with Crippen molar-refractivity contribution < 1.29 is 36.3 Å². The third-order valence-electron chi connectivity index (χ3n) is 5.23. The Kier molecular flexibility index (Phi) is 10.6. The molecule has 3 heterocycles. The van der Waals surface area contributed by atoms with E-state index in [1.807, 2.05) is 26.1 Å². The number of nitrogens with zero attached hydrogens (tertiary/aromatic N) is 3. The lowest BCUT2D eigenvalue weighted by Gasteiger charge is -2.33. The van der Waals surface area contributed by atoms with E-state index in [0.717, 1.165) is 31.5 Å². The van der Waals surface area contributed by atoms with Gasteiger partial charge in [-0.3, -0.25) is 4.79 Å². The highest BCUT2D eigenvalue weighted by atomic mass is 32.1. The van der Waals surface area contributed by atoms with Crippen molar-refractivity contribution in [2.24, 2.45) is 0 Å². The number of anilines is 1. The van der Waals surface area contributed by atoms with Gasteiger partial charge >= 0.3 is 12.1 Å². The van der Waals surface area contributed by atoms with E-state index in [1.54, 1.807) is 11.8 Å². The molecule has 1 fully saturated rings. The van der Waals surface area contributed by atoms with Crippen LogP contribution in [0.4, 0.5) is 27.8 Å². The summed E-state index contributed by atoms with van der Waals surface area (Å²) in [7, 11) is 0. The van der Waals surface area contributed by atoms with Gasteiger partial charge in [0.15, 0.2) is 0 Å². The summed E-state index contributed by atoms with van der Waals surface area (Å²) in [6.07, 6.45) is -4.23. The second kappa shape index (κ2) is 12.9. The molecule has 0 spiro atoms. The zero-order valence-electron chi connectivity index (χ0n) is 20.4. The van der Waals surface area contributed by atoms with Crippen molar-refractivity contribution in [3.63, 3.8) is 0 Å². The number of nitrogens with one attached hydrogen (secondary N) is 1. The maximum Gasteiger partial charge on any atom is 0.405 e. The molecular formula is C23H29F5N4O3S. The number of carbonyl (C=O) groups excluding carboxylic acids is 2. The van der Waals surface area contributed by atoms with Gasteiger partial charge in [-0.15, -0.1) is 11.3 Å². The lowest BCUT2D eigenvalue weighted by molar-refractivity contribution is -0.115. The minimum absolute atomic E-state index is 0.0176. The Hall–Kier alpha value is -2.83. The molecule has 13 heteroatoms. The molecule has 200 valence electrons. The zero-order valence-corrected chi connectivity index (χ0v) is 21.2. The number of halogens is 5. The van der Waals surface area contributed by atoms with E-state index in [0.29, 0.717) is 17.9 Å². The monoisotopic (exact) mass is 536 g/mol. The van der Waals surface area contributed by atoms with Crippen LogP contribution in [0.25, 0.3) is 10.4 Å². The van der Waals surface area contributed by atoms with E-state index in [-0.39, 0.29) is 33.8 Å². The Morgan fingerprint density at radius 3 is 2.56 bits per heavy atom. The number of carbonyl (C=O) groups is 2. The molecule has 1 unspecified atom stereocenters. The predicted molar refractivity (Wildman–Crippen MR) is 127 cm³/mol. The fourth-order valence-electron chi connectivity index (χ4n) is 3.59. The van der Waals surface area contributed by atoms with Crippen LogP contribution in [-0.4, -0.2) is 58.7 Å². The Labute approximate surface area is 210 Å². The van der Waals surface area contributed by atoms with E-state index in [2.05, 4.69) is 9.97 Å². The second-order valence-corrected chi connectivity index (χ2v) is 8.69. The number of pyridine rings is 1. The fraction of sp³-hybridized carbons (Fsp3) is 0.565. The molecule has 1 N–H and O–H groups in total. The molecule has 1 saturated heterocycles. The van der Waals surface area contributed by atoms with Crippen LogP contribution in [-0.2, 0) is 4.74 Å². The third-order valence-corrected chi connectivity index (χ3v) is 6.30. The van der Waals surface area contributed by atoms with E-state index in [1.165, 1.54) is 0 Å².